The third-order valence-corrected chi connectivity index (χ3v) is 2.59. The second kappa shape index (κ2) is 3.41. The molecule has 1 aromatic carbocycles. The van der Waals surface area contributed by atoms with Crippen LogP contribution in [0, 0.1) is 5.82 Å². The Morgan fingerprint density at radius 1 is 1.38 bits per heavy atom. The van der Waals surface area contributed by atoms with Gasteiger partial charge in [0.25, 0.3) is 0 Å². The van der Waals surface area contributed by atoms with Crippen LogP contribution in [0.3, 0.4) is 0 Å². The summed E-state index contributed by atoms with van der Waals surface area (Å²) in [4.78, 5) is -0.448. The monoisotopic (exact) mass is 206 g/mol. The molecule has 1 rings (SSSR count). The van der Waals surface area contributed by atoms with Crippen molar-refractivity contribution >= 4 is 10.2 Å². The van der Waals surface area contributed by atoms with E-state index < -0.39 is 20.9 Å². The van der Waals surface area contributed by atoms with Crippen molar-refractivity contribution in [3.63, 3.8) is 0 Å². The van der Waals surface area contributed by atoms with Crippen LogP contribution >= 0.6 is 0 Å². The molecule has 2 nitrogen and oxygen atoms in total. The lowest BCUT2D eigenvalue weighted by atomic mass is 10.2. The lowest BCUT2D eigenvalue weighted by molar-refractivity contribution is 0.550. The molecule has 0 aliphatic heterocycles. The van der Waals surface area contributed by atoms with E-state index in [2.05, 4.69) is 0 Å². The fraction of sp³-hybridized carbons (Fsp3) is 0.250. The van der Waals surface area contributed by atoms with E-state index in [0.29, 0.717) is 0 Å². The van der Waals surface area contributed by atoms with Crippen LogP contribution in [0.2, 0.25) is 0 Å². The first-order chi connectivity index (χ1) is 5.95. The van der Waals surface area contributed by atoms with Crippen molar-refractivity contribution in [3.05, 3.63) is 29.6 Å². The molecule has 0 unspecified atom stereocenters. The number of benzene rings is 1. The van der Waals surface area contributed by atoms with Crippen LogP contribution in [0.25, 0.3) is 0 Å². The zero-order valence-electron chi connectivity index (χ0n) is 6.92. The van der Waals surface area contributed by atoms with E-state index in [1.54, 1.807) is 6.92 Å². The quantitative estimate of drug-likeness (QED) is 0.694. The third-order valence-electron chi connectivity index (χ3n) is 1.67. The molecule has 0 bridgehead atoms. The van der Waals surface area contributed by atoms with Gasteiger partial charge < -0.3 is 0 Å². The molecule has 0 saturated carbocycles. The molecule has 0 amide bonds. The number of aryl methyl sites for hydroxylation is 1. The second-order valence-corrected chi connectivity index (χ2v) is 3.86. The third kappa shape index (κ3) is 2.24. The van der Waals surface area contributed by atoms with Crippen molar-refractivity contribution in [2.75, 3.05) is 0 Å². The van der Waals surface area contributed by atoms with Gasteiger partial charge in [-0.2, -0.15) is 8.42 Å². The molecule has 0 aliphatic carbocycles. The standard InChI is InChI=1S/C8H8F2O2S/c1-2-6-5-7(9)3-4-8(6)13(10,11)12/h3-5H,2H2,1H3. The zero-order chi connectivity index (χ0) is 10.1. The van der Waals surface area contributed by atoms with E-state index in [9.17, 15) is 16.7 Å². The number of halogens is 2. The Kier molecular flexibility index (Phi) is 2.66. The molecule has 0 aliphatic rings. The lowest BCUT2D eigenvalue weighted by Crippen LogP contribution is -1.98. The van der Waals surface area contributed by atoms with Crippen LogP contribution in [0.1, 0.15) is 12.5 Å². The van der Waals surface area contributed by atoms with Gasteiger partial charge in [0.2, 0.25) is 0 Å². The molecular weight excluding hydrogens is 198 g/mol. The summed E-state index contributed by atoms with van der Waals surface area (Å²) in [6, 6.07) is 2.88. The highest BCUT2D eigenvalue weighted by molar-refractivity contribution is 7.86. The SMILES string of the molecule is CCc1cc(F)ccc1S(=O)(=O)F. The van der Waals surface area contributed by atoms with Gasteiger partial charge in [0.15, 0.2) is 0 Å². The number of hydrogen-bond donors (Lipinski definition) is 0. The van der Waals surface area contributed by atoms with Gasteiger partial charge >= 0.3 is 10.2 Å². The van der Waals surface area contributed by atoms with Crippen molar-refractivity contribution in [1.82, 2.24) is 0 Å². The average Bonchev–Trinajstić information content (AvgIpc) is 2.01. The van der Waals surface area contributed by atoms with E-state index in [1.165, 1.54) is 0 Å². The van der Waals surface area contributed by atoms with Gasteiger partial charge in [0, 0.05) is 0 Å². The first-order valence-electron chi connectivity index (χ1n) is 3.68. The molecule has 13 heavy (non-hydrogen) atoms. The normalized spacial score (nSPS) is 11.6. The van der Waals surface area contributed by atoms with Crippen LogP contribution in [0.4, 0.5) is 8.28 Å². The van der Waals surface area contributed by atoms with Crippen molar-refractivity contribution in [2.24, 2.45) is 0 Å². The number of hydrogen-bond acceptors (Lipinski definition) is 2. The lowest BCUT2D eigenvalue weighted by Gasteiger charge is -2.02. The van der Waals surface area contributed by atoms with Gasteiger partial charge in [-0.05, 0) is 30.2 Å². The Labute approximate surface area is 75.4 Å². The second-order valence-electron chi connectivity index (χ2n) is 2.54. The summed E-state index contributed by atoms with van der Waals surface area (Å²) in [7, 11) is -4.73. The van der Waals surface area contributed by atoms with Crippen LogP contribution < -0.4 is 0 Å². The Bertz CT molecular complexity index is 412. The average molecular weight is 206 g/mol. The molecule has 0 saturated heterocycles. The first kappa shape index (κ1) is 10.1. The van der Waals surface area contributed by atoms with E-state index in [0.717, 1.165) is 18.2 Å². The topological polar surface area (TPSA) is 34.1 Å². The van der Waals surface area contributed by atoms with E-state index >= 15 is 0 Å². The van der Waals surface area contributed by atoms with Gasteiger partial charge in [0.1, 0.15) is 10.7 Å². The van der Waals surface area contributed by atoms with Crippen molar-refractivity contribution in [2.45, 2.75) is 18.2 Å². The summed E-state index contributed by atoms with van der Waals surface area (Å²) in [6.07, 6.45) is 0.274. The number of rotatable bonds is 2. The Morgan fingerprint density at radius 2 is 2.00 bits per heavy atom. The predicted octanol–water partition coefficient (Wildman–Crippen LogP) is 2.05. The maximum Gasteiger partial charge on any atom is 0.332 e. The van der Waals surface area contributed by atoms with Gasteiger partial charge in [0.05, 0.1) is 0 Å². The molecule has 0 aromatic heterocycles. The molecule has 0 atom stereocenters. The molecule has 72 valence electrons. The largest absolute Gasteiger partial charge is 0.332 e. The molecule has 0 radical (unpaired) electrons. The summed E-state index contributed by atoms with van der Waals surface area (Å²) in [5.74, 6) is -0.566. The smallest absolute Gasteiger partial charge is 0.207 e. The summed E-state index contributed by atoms with van der Waals surface area (Å²) in [6.45, 7) is 1.63. The highest BCUT2D eigenvalue weighted by Crippen LogP contribution is 2.19. The molecule has 0 fully saturated rings. The van der Waals surface area contributed by atoms with Crippen LogP contribution in [0.15, 0.2) is 23.1 Å². The van der Waals surface area contributed by atoms with Crippen LogP contribution in [-0.2, 0) is 16.6 Å². The van der Waals surface area contributed by atoms with Gasteiger partial charge in [-0.1, -0.05) is 6.92 Å². The minimum Gasteiger partial charge on any atom is -0.207 e. The maximum atomic E-state index is 12.6. The van der Waals surface area contributed by atoms with Crippen molar-refractivity contribution in [1.29, 1.82) is 0 Å². The van der Waals surface area contributed by atoms with E-state index in [4.69, 9.17) is 0 Å². The Balaban J connectivity index is 3.39. The maximum absolute atomic E-state index is 12.6. The van der Waals surface area contributed by atoms with E-state index in [1.807, 2.05) is 0 Å². The summed E-state index contributed by atoms with van der Waals surface area (Å²) in [5.41, 5.74) is 0.155. The minimum absolute atomic E-state index is 0.155. The Morgan fingerprint density at radius 3 is 2.46 bits per heavy atom. The van der Waals surface area contributed by atoms with Crippen LogP contribution in [-0.4, -0.2) is 8.42 Å². The van der Waals surface area contributed by atoms with Gasteiger partial charge in [-0.15, -0.1) is 3.89 Å². The molecule has 0 spiro atoms. The van der Waals surface area contributed by atoms with E-state index in [-0.39, 0.29) is 12.0 Å². The minimum atomic E-state index is -4.73. The molecular formula is C8H8F2O2S. The molecule has 5 heteroatoms. The summed E-state index contributed by atoms with van der Waals surface area (Å²) in [5, 5.41) is 0. The zero-order valence-corrected chi connectivity index (χ0v) is 7.74. The predicted molar refractivity (Wildman–Crippen MR) is 44.1 cm³/mol. The Hall–Kier alpha value is -0.970. The highest BCUT2D eigenvalue weighted by atomic mass is 32.3. The van der Waals surface area contributed by atoms with Crippen molar-refractivity contribution in [3.8, 4) is 0 Å². The molecule has 1 aromatic rings. The highest BCUT2D eigenvalue weighted by Gasteiger charge is 2.16. The van der Waals surface area contributed by atoms with Gasteiger partial charge in [-0.25, -0.2) is 4.39 Å². The molecule has 0 heterocycles. The fourth-order valence-electron chi connectivity index (χ4n) is 1.06. The summed E-state index contributed by atoms with van der Waals surface area (Å²) >= 11 is 0. The van der Waals surface area contributed by atoms with Crippen LogP contribution in [0.5, 0.6) is 0 Å². The fourth-order valence-corrected chi connectivity index (χ4v) is 1.81. The first-order valence-corrected chi connectivity index (χ1v) is 5.06. The molecule has 0 N–H and O–H groups in total. The van der Waals surface area contributed by atoms with Gasteiger partial charge in [-0.3, -0.25) is 0 Å². The summed E-state index contributed by atoms with van der Waals surface area (Å²) < 4.78 is 46.2. The van der Waals surface area contributed by atoms with Crippen molar-refractivity contribution < 1.29 is 16.7 Å².